The first-order chi connectivity index (χ1) is 18.0. The minimum absolute atomic E-state index is 0.0122. The number of furan rings is 1. The van der Waals surface area contributed by atoms with E-state index >= 15 is 0 Å². The Bertz CT molecular complexity index is 1400. The molecule has 1 saturated heterocycles. The topological polar surface area (TPSA) is 74.5 Å². The van der Waals surface area contributed by atoms with Crippen LogP contribution in [0.25, 0.3) is 0 Å². The van der Waals surface area contributed by atoms with Gasteiger partial charge in [-0.3, -0.25) is 4.79 Å². The summed E-state index contributed by atoms with van der Waals surface area (Å²) in [5, 5.41) is 4.73. The van der Waals surface area contributed by atoms with Crippen LogP contribution >= 0.6 is 23.2 Å². The molecule has 1 fully saturated rings. The summed E-state index contributed by atoms with van der Waals surface area (Å²) >= 11 is 12.1. The Morgan fingerprint density at radius 2 is 1.51 bits per heavy atom. The third kappa shape index (κ3) is 5.02. The third-order valence-corrected chi connectivity index (χ3v) is 7.43. The summed E-state index contributed by atoms with van der Waals surface area (Å²) in [6.45, 7) is 3.18. The summed E-state index contributed by atoms with van der Waals surface area (Å²) < 4.78 is 5.63. The molecule has 1 aliphatic heterocycles. The second-order valence-electron chi connectivity index (χ2n) is 9.32. The fraction of sp³-hybridized carbons (Fsp3) is 0.250. The monoisotopic (exact) mass is 533 g/mol. The molecule has 37 heavy (non-hydrogen) atoms. The Kier molecular flexibility index (Phi) is 6.49. The zero-order chi connectivity index (χ0) is 25.4. The van der Waals surface area contributed by atoms with Crippen molar-refractivity contribution in [2.45, 2.75) is 18.8 Å². The van der Waals surface area contributed by atoms with Gasteiger partial charge >= 0.3 is 0 Å². The smallest absolute Gasteiger partial charge is 0.227 e. The van der Waals surface area contributed by atoms with Crippen molar-refractivity contribution in [1.29, 1.82) is 0 Å². The Morgan fingerprint density at radius 1 is 0.838 bits per heavy atom. The number of anilines is 4. The average molecular weight is 534 g/mol. The molecule has 6 rings (SSSR count). The maximum Gasteiger partial charge on any atom is 0.227 e. The van der Waals surface area contributed by atoms with E-state index in [1.54, 1.807) is 6.26 Å². The van der Waals surface area contributed by atoms with Gasteiger partial charge in [0.2, 0.25) is 5.95 Å². The highest BCUT2D eigenvalue weighted by Crippen LogP contribution is 2.37. The molecular weight excluding hydrogens is 509 g/mol. The highest BCUT2D eigenvalue weighted by atomic mass is 35.5. The number of carbonyl (C=O) groups excluding carboxylic acids is 1. The van der Waals surface area contributed by atoms with Crippen LogP contribution in [0.15, 0.2) is 71.3 Å². The van der Waals surface area contributed by atoms with Crippen molar-refractivity contribution in [3.05, 3.63) is 94.0 Å². The Hall–Kier alpha value is -3.55. The highest BCUT2D eigenvalue weighted by Gasteiger charge is 2.33. The molecule has 188 valence electrons. The van der Waals surface area contributed by atoms with Crippen molar-refractivity contribution in [3.63, 3.8) is 0 Å². The van der Waals surface area contributed by atoms with Crippen molar-refractivity contribution in [2.75, 3.05) is 41.3 Å². The molecule has 3 heterocycles. The fourth-order valence-electron chi connectivity index (χ4n) is 5.01. The van der Waals surface area contributed by atoms with Crippen molar-refractivity contribution in [1.82, 2.24) is 9.97 Å². The van der Waals surface area contributed by atoms with E-state index < -0.39 is 0 Å². The molecule has 0 bridgehead atoms. The lowest BCUT2D eigenvalue weighted by Gasteiger charge is -2.36. The van der Waals surface area contributed by atoms with Crippen molar-refractivity contribution >= 4 is 52.1 Å². The van der Waals surface area contributed by atoms with Gasteiger partial charge < -0.3 is 19.5 Å². The molecular formula is C28H25Cl2N5O2. The number of benzene rings is 2. The van der Waals surface area contributed by atoms with Gasteiger partial charge in [-0.25, -0.2) is 4.98 Å². The van der Waals surface area contributed by atoms with Crippen LogP contribution in [0.5, 0.6) is 0 Å². The first-order valence-electron chi connectivity index (χ1n) is 12.3. The lowest BCUT2D eigenvalue weighted by atomic mass is 9.84. The molecule has 4 aromatic rings. The van der Waals surface area contributed by atoms with E-state index in [4.69, 9.17) is 37.6 Å². The van der Waals surface area contributed by atoms with Crippen LogP contribution in [0, 0.1) is 0 Å². The minimum atomic E-state index is -0.0390. The van der Waals surface area contributed by atoms with Gasteiger partial charge in [0.05, 0.1) is 17.5 Å². The number of hydrogen-bond donors (Lipinski definition) is 1. The van der Waals surface area contributed by atoms with Crippen molar-refractivity contribution in [3.8, 4) is 0 Å². The van der Waals surface area contributed by atoms with Crippen LogP contribution in [0.3, 0.4) is 0 Å². The summed E-state index contributed by atoms with van der Waals surface area (Å²) in [7, 11) is 0. The van der Waals surface area contributed by atoms with E-state index in [9.17, 15) is 4.79 Å². The van der Waals surface area contributed by atoms with Crippen LogP contribution in [0.2, 0.25) is 10.0 Å². The number of nitrogens with zero attached hydrogens (tertiary/aromatic N) is 4. The van der Waals surface area contributed by atoms with Gasteiger partial charge in [0, 0.05) is 66.4 Å². The largest absolute Gasteiger partial charge is 0.469 e. The summed E-state index contributed by atoms with van der Waals surface area (Å²) in [5.74, 6) is 1.94. The summed E-state index contributed by atoms with van der Waals surface area (Å²) in [6.07, 6.45) is 2.62. The van der Waals surface area contributed by atoms with E-state index in [2.05, 4.69) is 15.1 Å². The molecule has 7 nitrogen and oxygen atoms in total. The zero-order valence-electron chi connectivity index (χ0n) is 20.0. The molecule has 2 aromatic heterocycles. The van der Waals surface area contributed by atoms with Gasteiger partial charge in [0.25, 0.3) is 0 Å². The maximum absolute atomic E-state index is 13.4. The number of Topliss-reactive ketones (excluding diaryl/α,β-unsaturated/α-hetero) is 1. The Balaban J connectivity index is 1.31. The summed E-state index contributed by atoms with van der Waals surface area (Å²) in [4.78, 5) is 27.7. The maximum atomic E-state index is 13.4. The van der Waals surface area contributed by atoms with E-state index in [1.807, 2.05) is 60.7 Å². The minimum Gasteiger partial charge on any atom is -0.469 e. The molecule has 1 N–H and O–H groups in total. The number of halogens is 2. The first kappa shape index (κ1) is 23.8. The number of piperazine rings is 1. The van der Waals surface area contributed by atoms with E-state index in [1.165, 1.54) is 0 Å². The predicted octanol–water partition coefficient (Wildman–Crippen LogP) is 6.36. The third-order valence-electron chi connectivity index (χ3n) is 6.93. The number of fused-ring (bicyclic) bond motifs is 1. The van der Waals surface area contributed by atoms with Crippen LogP contribution in [-0.4, -0.2) is 41.9 Å². The standard InChI is InChI=1S/C28H25Cl2N5O2/c29-19-3-7-21(8-4-19)31-27-26-23(16-18(17-24(26)36)25-2-1-15-37-25)32-28(33-27)35-13-11-34(12-14-35)22-9-5-20(30)6-10-22/h1-10,15,18H,11-14,16-17H2,(H,31,32,33). The lowest BCUT2D eigenvalue weighted by Crippen LogP contribution is -2.47. The first-order valence-corrected chi connectivity index (χ1v) is 13.0. The Morgan fingerprint density at radius 3 is 2.19 bits per heavy atom. The van der Waals surface area contributed by atoms with Crippen LogP contribution in [0.4, 0.5) is 23.1 Å². The van der Waals surface area contributed by atoms with E-state index in [0.717, 1.165) is 54.0 Å². The number of aromatic nitrogens is 2. The molecule has 1 unspecified atom stereocenters. The molecule has 0 amide bonds. The summed E-state index contributed by atoms with van der Waals surface area (Å²) in [5.41, 5.74) is 3.26. The Labute approximate surface area is 225 Å². The van der Waals surface area contributed by atoms with Gasteiger partial charge in [-0.05, 0) is 60.7 Å². The predicted molar refractivity (Wildman–Crippen MR) is 147 cm³/mol. The van der Waals surface area contributed by atoms with Gasteiger partial charge in [0.15, 0.2) is 5.78 Å². The normalized spacial score (nSPS) is 17.6. The number of carbonyl (C=O) groups is 1. The zero-order valence-corrected chi connectivity index (χ0v) is 21.5. The van der Waals surface area contributed by atoms with Gasteiger partial charge in [-0.15, -0.1) is 0 Å². The molecule has 9 heteroatoms. The van der Waals surface area contributed by atoms with Crippen molar-refractivity contribution < 1.29 is 9.21 Å². The molecule has 2 aromatic carbocycles. The van der Waals surface area contributed by atoms with Crippen LogP contribution < -0.4 is 15.1 Å². The van der Waals surface area contributed by atoms with E-state index in [0.29, 0.717) is 35.2 Å². The highest BCUT2D eigenvalue weighted by molar-refractivity contribution is 6.30. The lowest BCUT2D eigenvalue weighted by molar-refractivity contribution is 0.0959. The quantitative estimate of drug-likeness (QED) is 0.319. The molecule has 1 aliphatic carbocycles. The second-order valence-corrected chi connectivity index (χ2v) is 10.2. The van der Waals surface area contributed by atoms with Gasteiger partial charge in [0.1, 0.15) is 11.6 Å². The molecule has 1 atom stereocenters. The molecule has 0 spiro atoms. The SMILES string of the molecule is O=C1CC(c2ccco2)Cc2nc(N3CCN(c4ccc(Cl)cc4)CC3)nc(Nc3ccc(Cl)cc3)c21. The van der Waals surface area contributed by atoms with Gasteiger partial charge in [-0.2, -0.15) is 4.98 Å². The number of hydrogen-bond acceptors (Lipinski definition) is 7. The van der Waals surface area contributed by atoms with Crippen LogP contribution in [0.1, 0.15) is 34.2 Å². The number of nitrogens with one attached hydrogen (secondary N) is 1. The van der Waals surface area contributed by atoms with Gasteiger partial charge in [-0.1, -0.05) is 23.2 Å². The van der Waals surface area contributed by atoms with Crippen LogP contribution in [-0.2, 0) is 6.42 Å². The average Bonchev–Trinajstić information content (AvgIpc) is 3.45. The van der Waals surface area contributed by atoms with E-state index in [-0.39, 0.29) is 11.7 Å². The number of ketones is 1. The molecule has 0 radical (unpaired) electrons. The summed E-state index contributed by atoms with van der Waals surface area (Å²) in [6, 6.07) is 19.1. The molecule has 0 saturated carbocycles. The second kappa shape index (κ2) is 10.1. The molecule has 2 aliphatic rings. The van der Waals surface area contributed by atoms with Crippen molar-refractivity contribution in [2.24, 2.45) is 0 Å². The fourth-order valence-corrected chi connectivity index (χ4v) is 5.26. The number of rotatable bonds is 5.